The van der Waals surface area contributed by atoms with E-state index >= 15 is 0 Å². The van der Waals surface area contributed by atoms with Gasteiger partial charge in [0.15, 0.2) is 0 Å². The minimum absolute atomic E-state index is 0.450. The molecular formula is C17H18BrNO2. The molecule has 0 atom stereocenters. The van der Waals surface area contributed by atoms with Crippen molar-refractivity contribution in [2.45, 2.75) is 26.4 Å². The van der Waals surface area contributed by atoms with E-state index in [2.05, 4.69) is 21.2 Å². The minimum Gasteiger partial charge on any atom is -0.444 e. The molecule has 0 spiro atoms. The summed E-state index contributed by atoms with van der Waals surface area (Å²) >= 11 is 3.46. The zero-order valence-corrected chi connectivity index (χ0v) is 13.9. The molecule has 0 aliphatic heterocycles. The Morgan fingerprint density at radius 1 is 1.05 bits per heavy atom. The molecule has 0 heterocycles. The molecule has 0 unspecified atom stereocenters. The van der Waals surface area contributed by atoms with E-state index in [1.807, 2.05) is 69.3 Å². The fourth-order valence-corrected chi connectivity index (χ4v) is 2.27. The van der Waals surface area contributed by atoms with Gasteiger partial charge in [0.05, 0.1) is 0 Å². The smallest absolute Gasteiger partial charge is 0.412 e. The quantitative estimate of drug-likeness (QED) is 0.782. The van der Waals surface area contributed by atoms with Gasteiger partial charge in [0.2, 0.25) is 0 Å². The highest BCUT2D eigenvalue weighted by Gasteiger charge is 2.16. The second-order valence-electron chi connectivity index (χ2n) is 5.72. The first-order valence-corrected chi connectivity index (χ1v) is 7.49. The highest BCUT2D eigenvalue weighted by molar-refractivity contribution is 9.10. The Labute approximate surface area is 133 Å². The number of nitrogens with one attached hydrogen (secondary N) is 1. The highest BCUT2D eigenvalue weighted by Crippen LogP contribution is 2.25. The Kier molecular flexibility index (Phi) is 4.68. The number of carbonyl (C=O) groups is 1. The van der Waals surface area contributed by atoms with E-state index in [0.717, 1.165) is 15.6 Å². The zero-order valence-electron chi connectivity index (χ0n) is 12.3. The number of hydrogen-bond acceptors (Lipinski definition) is 2. The fraction of sp³-hybridized carbons (Fsp3) is 0.235. The van der Waals surface area contributed by atoms with Gasteiger partial charge in [0.25, 0.3) is 0 Å². The normalized spacial score (nSPS) is 11.0. The van der Waals surface area contributed by atoms with Crippen molar-refractivity contribution < 1.29 is 9.53 Å². The van der Waals surface area contributed by atoms with Crippen LogP contribution in [0, 0.1) is 0 Å². The third kappa shape index (κ3) is 4.90. The SMILES string of the molecule is CC(C)(C)OC(=O)Nc1cccc(-c2cccc(Br)c2)c1. The molecule has 0 fully saturated rings. The first-order chi connectivity index (χ1) is 9.83. The Morgan fingerprint density at radius 2 is 1.67 bits per heavy atom. The van der Waals surface area contributed by atoms with Crippen molar-refractivity contribution in [3.63, 3.8) is 0 Å². The minimum atomic E-state index is -0.508. The molecule has 0 bridgehead atoms. The van der Waals surface area contributed by atoms with Gasteiger partial charge < -0.3 is 4.74 Å². The lowest BCUT2D eigenvalue weighted by molar-refractivity contribution is 0.0636. The van der Waals surface area contributed by atoms with Gasteiger partial charge in [0, 0.05) is 10.2 Å². The summed E-state index contributed by atoms with van der Waals surface area (Å²) in [6, 6.07) is 15.7. The van der Waals surface area contributed by atoms with Crippen LogP contribution in [-0.4, -0.2) is 11.7 Å². The van der Waals surface area contributed by atoms with Crippen molar-refractivity contribution in [3.05, 3.63) is 53.0 Å². The lowest BCUT2D eigenvalue weighted by Crippen LogP contribution is -2.27. The van der Waals surface area contributed by atoms with E-state index in [4.69, 9.17) is 4.74 Å². The average molecular weight is 348 g/mol. The van der Waals surface area contributed by atoms with E-state index in [0.29, 0.717) is 5.69 Å². The Hall–Kier alpha value is -1.81. The van der Waals surface area contributed by atoms with E-state index in [1.165, 1.54) is 0 Å². The van der Waals surface area contributed by atoms with Crippen LogP contribution in [0.5, 0.6) is 0 Å². The van der Waals surface area contributed by atoms with Crippen LogP contribution in [0.15, 0.2) is 53.0 Å². The van der Waals surface area contributed by atoms with Crippen LogP contribution in [0.25, 0.3) is 11.1 Å². The van der Waals surface area contributed by atoms with Crippen molar-refractivity contribution in [2.75, 3.05) is 5.32 Å². The van der Waals surface area contributed by atoms with Crippen molar-refractivity contribution in [1.82, 2.24) is 0 Å². The van der Waals surface area contributed by atoms with Crippen LogP contribution >= 0.6 is 15.9 Å². The van der Waals surface area contributed by atoms with Crippen molar-refractivity contribution in [2.24, 2.45) is 0 Å². The van der Waals surface area contributed by atoms with Crippen LogP contribution in [0.4, 0.5) is 10.5 Å². The number of ether oxygens (including phenoxy) is 1. The number of carbonyl (C=O) groups excluding carboxylic acids is 1. The first-order valence-electron chi connectivity index (χ1n) is 6.69. The van der Waals surface area contributed by atoms with Gasteiger partial charge >= 0.3 is 6.09 Å². The first kappa shape index (κ1) is 15.6. The largest absolute Gasteiger partial charge is 0.444 e. The van der Waals surface area contributed by atoms with Crippen molar-refractivity contribution in [1.29, 1.82) is 0 Å². The summed E-state index contributed by atoms with van der Waals surface area (Å²) < 4.78 is 6.27. The predicted octanol–water partition coefficient (Wildman–Crippen LogP) is 5.46. The number of hydrogen-bond donors (Lipinski definition) is 1. The number of halogens is 1. The predicted molar refractivity (Wildman–Crippen MR) is 89.4 cm³/mol. The van der Waals surface area contributed by atoms with Gasteiger partial charge in [-0.1, -0.05) is 40.2 Å². The van der Waals surface area contributed by atoms with E-state index in [1.54, 1.807) is 0 Å². The van der Waals surface area contributed by atoms with Gasteiger partial charge in [0.1, 0.15) is 5.60 Å². The molecule has 1 N–H and O–H groups in total. The second-order valence-corrected chi connectivity index (χ2v) is 6.63. The highest BCUT2D eigenvalue weighted by atomic mass is 79.9. The molecule has 110 valence electrons. The monoisotopic (exact) mass is 347 g/mol. The molecule has 21 heavy (non-hydrogen) atoms. The number of benzene rings is 2. The fourth-order valence-electron chi connectivity index (χ4n) is 1.87. The third-order valence-electron chi connectivity index (χ3n) is 2.67. The van der Waals surface area contributed by atoms with Crippen molar-refractivity contribution in [3.8, 4) is 11.1 Å². The molecule has 0 aromatic heterocycles. The summed E-state index contributed by atoms with van der Waals surface area (Å²) in [6.45, 7) is 5.51. The average Bonchev–Trinajstić information content (AvgIpc) is 2.36. The summed E-state index contributed by atoms with van der Waals surface area (Å²) in [6.07, 6.45) is -0.450. The van der Waals surface area contributed by atoms with E-state index < -0.39 is 11.7 Å². The molecule has 0 aliphatic rings. The van der Waals surface area contributed by atoms with E-state index in [9.17, 15) is 4.79 Å². The molecule has 2 aromatic rings. The van der Waals surface area contributed by atoms with E-state index in [-0.39, 0.29) is 0 Å². The molecule has 3 nitrogen and oxygen atoms in total. The molecule has 0 saturated carbocycles. The summed E-state index contributed by atoms with van der Waals surface area (Å²) in [5.41, 5.74) is 2.32. The van der Waals surface area contributed by atoms with Gasteiger partial charge in [-0.05, 0) is 56.2 Å². The Morgan fingerprint density at radius 3 is 2.29 bits per heavy atom. The summed E-state index contributed by atoms with van der Waals surface area (Å²) in [5, 5.41) is 2.75. The molecule has 4 heteroatoms. The number of anilines is 1. The van der Waals surface area contributed by atoms with Crippen LogP contribution in [0.2, 0.25) is 0 Å². The summed E-state index contributed by atoms with van der Waals surface area (Å²) in [7, 11) is 0. The molecule has 2 rings (SSSR count). The maximum absolute atomic E-state index is 11.8. The summed E-state index contributed by atoms with van der Waals surface area (Å²) in [5.74, 6) is 0. The Bertz CT molecular complexity index is 647. The zero-order chi connectivity index (χ0) is 15.5. The molecule has 0 radical (unpaired) electrons. The van der Waals surface area contributed by atoms with Crippen LogP contribution in [0.3, 0.4) is 0 Å². The van der Waals surface area contributed by atoms with Crippen LogP contribution in [0.1, 0.15) is 20.8 Å². The van der Waals surface area contributed by atoms with Crippen LogP contribution < -0.4 is 5.32 Å². The van der Waals surface area contributed by atoms with Crippen LogP contribution in [-0.2, 0) is 4.74 Å². The lowest BCUT2D eigenvalue weighted by Gasteiger charge is -2.19. The molecular weight excluding hydrogens is 330 g/mol. The van der Waals surface area contributed by atoms with Gasteiger partial charge in [-0.2, -0.15) is 0 Å². The van der Waals surface area contributed by atoms with Crippen molar-refractivity contribution >= 4 is 27.7 Å². The third-order valence-corrected chi connectivity index (χ3v) is 3.16. The topological polar surface area (TPSA) is 38.3 Å². The number of amides is 1. The van der Waals surface area contributed by atoms with Gasteiger partial charge in [-0.15, -0.1) is 0 Å². The van der Waals surface area contributed by atoms with Gasteiger partial charge in [-0.25, -0.2) is 4.79 Å². The maximum Gasteiger partial charge on any atom is 0.412 e. The molecule has 0 aliphatic carbocycles. The standard InChI is InChI=1S/C17H18BrNO2/c1-17(2,3)21-16(20)19-15-9-5-7-13(11-15)12-6-4-8-14(18)10-12/h4-11H,1-3H3,(H,19,20). The molecule has 1 amide bonds. The molecule has 2 aromatic carbocycles. The second kappa shape index (κ2) is 6.31. The molecule has 0 saturated heterocycles. The van der Waals surface area contributed by atoms with Gasteiger partial charge in [-0.3, -0.25) is 5.32 Å². The Balaban J connectivity index is 2.17. The summed E-state index contributed by atoms with van der Waals surface area (Å²) in [4.78, 5) is 11.8. The number of rotatable bonds is 2. The maximum atomic E-state index is 11.8. The lowest BCUT2D eigenvalue weighted by atomic mass is 10.1.